The van der Waals surface area contributed by atoms with Crippen molar-refractivity contribution >= 4 is 16.8 Å². The number of benzene rings is 1. The monoisotopic (exact) mass is 392 g/mol. The van der Waals surface area contributed by atoms with E-state index in [1.54, 1.807) is 0 Å². The number of hydrogen-bond donors (Lipinski definition) is 2. The van der Waals surface area contributed by atoms with Crippen LogP contribution >= 0.6 is 0 Å². The Morgan fingerprint density at radius 2 is 2.04 bits per heavy atom. The minimum absolute atomic E-state index is 0.615. The van der Waals surface area contributed by atoms with Gasteiger partial charge in [-0.25, -0.2) is 0 Å². The van der Waals surface area contributed by atoms with Gasteiger partial charge in [0.05, 0.1) is 6.54 Å². The fourth-order valence-electron chi connectivity index (χ4n) is 3.56. The molecule has 0 amide bonds. The van der Waals surface area contributed by atoms with Crippen LogP contribution in [0.4, 0.5) is 0 Å². The lowest BCUT2D eigenvalue weighted by Gasteiger charge is -2.34. The summed E-state index contributed by atoms with van der Waals surface area (Å²) in [5.41, 5.74) is 1.13. The standard InChI is InChI=1S/C21H36N4OS/c1-3-20-12-8-9-15-25(20)16-13-23-21(22-4-2)24-14-17-27(26)18-19-10-6-5-7-11-19/h5-7,10-11,20H,3-4,8-9,12-18H2,1-2H3,(H2,22,23,24). The molecule has 2 unspecified atom stereocenters. The third kappa shape index (κ3) is 8.43. The molecule has 152 valence electrons. The lowest BCUT2D eigenvalue weighted by molar-refractivity contribution is 0.148. The van der Waals surface area contributed by atoms with Crippen molar-refractivity contribution in [3.63, 3.8) is 0 Å². The van der Waals surface area contributed by atoms with Gasteiger partial charge in [-0.2, -0.15) is 0 Å². The van der Waals surface area contributed by atoms with E-state index in [4.69, 9.17) is 4.99 Å². The molecule has 6 heteroatoms. The first kappa shape index (κ1) is 21.9. The molecule has 5 nitrogen and oxygen atoms in total. The first-order valence-corrected chi connectivity index (χ1v) is 11.9. The third-order valence-corrected chi connectivity index (χ3v) is 6.33. The van der Waals surface area contributed by atoms with Crippen LogP contribution in [-0.2, 0) is 16.6 Å². The number of likely N-dealkylation sites (tertiary alicyclic amines) is 1. The Labute approximate surface area is 167 Å². The second kappa shape index (κ2) is 12.9. The summed E-state index contributed by atoms with van der Waals surface area (Å²) < 4.78 is 12.2. The lowest BCUT2D eigenvalue weighted by Crippen LogP contribution is -2.42. The Morgan fingerprint density at radius 1 is 1.22 bits per heavy atom. The predicted molar refractivity (Wildman–Crippen MR) is 117 cm³/mol. The zero-order valence-corrected chi connectivity index (χ0v) is 17.8. The van der Waals surface area contributed by atoms with E-state index in [1.807, 2.05) is 30.3 Å². The van der Waals surface area contributed by atoms with Gasteiger partial charge in [0.2, 0.25) is 0 Å². The van der Waals surface area contributed by atoms with Crippen molar-refractivity contribution in [3.8, 4) is 0 Å². The van der Waals surface area contributed by atoms with E-state index < -0.39 is 10.8 Å². The molecule has 27 heavy (non-hydrogen) atoms. The molecule has 0 aliphatic carbocycles. The molecular weight excluding hydrogens is 356 g/mol. The van der Waals surface area contributed by atoms with Crippen LogP contribution in [0.15, 0.2) is 35.3 Å². The first-order valence-electron chi connectivity index (χ1n) is 10.4. The van der Waals surface area contributed by atoms with Gasteiger partial charge in [-0.05, 0) is 38.3 Å². The normalized spacial score (nSPS) is 19.6. The Balaban J connectivity index is 1.72. The van der Waals surface area contributed by atoms with E-state index in [2.05, 4.69) is 29.4 Å². The van der Waals surface area contributed by atoms with Crippen molar-refractivity contribution in [2.75, 3.05) is 38.5 Å². The van der Waals surface area contributed by atoms with E-state index >= 15 is 0 Å². The van der Waals surface area contributed by atoms with Crippen molar-refractivity contribution in [1.82, 2.24) is 15.5 Å². The Bertz CT molecular complexity index is 579. The second-order valence-electron chi connectivity index (χ2n) is 7.06. The van der Waals surface area contributed by atoms with Crippen LogP contribution in [0.2, 0.25) is 0 Å². The molecule has 1 saturated heterocycles. The van der Waals surface area contributed by atoms with E-state index in [1.165, 1.54) is 32.2 Å². The molecule has 1 aromatic rings. The van der Waals surface area contributed by atoms with Crippen LogP contribution in [-0.4, -0.2) is 59.6 Å². The van der Waals surface area contributed by atoms with Gasteiger partial charge < -0.3 is 10.6 Å². The maximum Gasteiger partial charge on any atom is 0.191 e. The summed E-state index contributed by atoms with van der Waals surface area (Å²) in [6, 6.07) is 10.8. The smallest absolute Gasteiger partial charge is 0.191 e. The molecule has 1 aliphatic rings. The Hall–Kier alpha value is -1.40. The van der Waals surface area contributed by atoms with Gasteiger partial charge in [0.1, 0.15) is 0 Å². The SMILES string of the molecule is CCNC(=NCCN1CCCCC1CC)NCCS(=O)Cc1ccccc1. The predicted octanol–water partition coefficient (Wildman–Crippen LogP) is 2.75. The number of nitrogens with zero attached hydrogens (tertiary/aromatic N) is 2. The molecule has 2 N–H and O–H groups in total. The van der Waals surface area contributed by atoms with Crippen LogP contribution in [0.1, 0.15) is 45.1 Å². The van der Waals surface area contributed by atoms with Crippen molar-refractivity contribution in [2.24, 2.45) is 4.99 Å². The van der Waals surface area contributed by atoms with Gasteiger partial charge in [0, 0.05) is 48.0 Å². The lowest BCUT2D eigenvalue weighted by atomic mass is 10.0. The molecule has 1 aromatic carbocycles. The van der Waals surface area contributed by atoms with Gasteiger partial charge in [0.25, 0.3) is 0 Å². The fourth-order valence-corrected chi connectivity index (χ4v) is 4.60. The maximum atomic E-state index is 12.2. The zero-order valence-electron chi connectivity index (χ0n) is 17.0. The molecule has 1 aliphatic heterocycles. The summed E-state index contributed by atoms with van der Waals surface area (Å²) in [5, 5.41) is 6.62. The van der Waals surface area contributed by atoms with Gasteiger partial charge in [0.15, 0.2) is 5.96 Å². The fraction of sp³-hybridized carbons (Fsp3) is 0.667. The molecule has 1 heterocycles. The molecule has 0 aromatic heterocycles. The molecule has 1 fully saturated rings. The maximum absolute atomic E-state index is 12.2. The Kier molecular flexibility index (Phi) is 10.5. The molecule has 0 spiro atoms. The third-order valence-electron chi connectivity index (χ3n) is 5.01. The van der Waals surface area contributed by atoms with Crippen LogP contribution in [0.5, 0.6) is 0 Å². The largest absolute Gasteiger partial charge is 0.357 e. The summed E-state index contributed by atoms with van der Waals surface area (Å²) >= 11 is 0. The number of piperidine rings is 1. The van der Waals surface area contributed by atoms with E-state index in [-0.39, 0.29) is 0 Å². The summed E-state index contributed by atoms with van der Waals surface area (Å²) in [6.45, 7) is 8.90. The number of nitrogens with one attached hydrogen (secondary N) is 2. The molecule has 0 bridgehead atoms. The Morgan fingerprint density at radius 3 is 2.78 bits per heavy atom. The van der Waals surface area contributed by atoms with Crippen LogP contribution < -0.4 is 10.6 Å². The molecule has 0 radical (unpaired) electrons. The average molecular weight is 393 g/mol. The zero-order chi connectivity index (χ0) is 19.3. The molecule has 2 atom stereocenters. The number of aliphatic imine (C=N–C) groups is 1. The summed E-state index contributed by atoms with van der Waals surface area (Å²) in [4.78, 5) is 7.30. The molecule has 0 saturated carbocycles. The minimum atomic E-state index is -0.860. The summed E-state index contributed by atoms with van der Waals surface area (Å²) in [5.74, 6) is 2.08. The van der Waals surface area contributed by atoms with Crippen molar-refractivity contribution < 1.29 is 4.21 Å². The highest BCUT2D eigenvalue weighted by Crippen LogP contribution is 2.18. The van der Waals surface area contributed by atoms with Crippen molar-refractivity contribution in [3.05, 3.63) is 35.9 Å². The van der Waals surface area contributed by atoms with Crippen LogP contribution in [0, 0.1) is 0 Å². The average Bonchev–Trinajstić information content (AvgIpc) is 2.69. The summed E-state index contributed by atoms with van der Waals surface area (Å²) in [6.07, 6.45) is 5.23. The topological polar surface area (TPSA) is 56.7 Å². The highest BCUT2D eigenvalue weighted by molar-refractivity contribution is 7.84. The first-order chi connectivity index (χ1) is 13.2. The second-order valence-corrected chi connectivity index (χ2v) is 8.63. The van der Waals surface area contributed by atoms with Crippen molar-refractivity contribution in [2.45, 2.75) is 51.3 Å². The van der Waals surface area contributed by atoms with E-state index in [0.717, 1.165) is 37.2 Å². The summed E-state index contributed by atoms with van der Waals surface area (Å²) in [7, 11) is -0.860. The molecule has 2 rings (SSSR count). The highest BCUT2D eigenvalue weighted by Gasteiger charge is 2.19. The van der Waals surface area contributed by atoms with E-state index in [9.17, 15) is 4.21 Å². The number of rotatable bonds is 10. The van der Waals surface area contributed by atoms with Gasteiger partial charge in [-0.1, -0.05) is 43.7 Å². The van der Waals surface area contributed by atoms with Gasteiger partial charge in [-0.15, -0.1) is 0 Å². The van der Waals surface area contributed by atoms with Gasteiger partial charge >= 0.3 is 0 Å². The van der Waals surface area contributed by atoms with Crippen LogP contribution in [0.3, 0.4) is 0 Å². The van der Waals surface area contributed by atoms with E-state index in [0.29, 0.717) is 18.1 Å². The number of hydrogen-bond acceptors (Lipinski definition) is 3. The minimum Gasteiger partial charge on any atom is -0.357 e. The quantitative estimate of drug-likeness (QED) is 0.475. The highest BCUT2D eigenvalue weighted by atomic mass is 32.2. The molecular formula is C21H36N4OS. The van der Waals surface area contributed by atoms with Crippen LogP contribution in [0.25, 0.3) is 0 Å². The van der Waals surface area contributed by atoms with Gasteiger partial charge in [-0.3, -0.25) is 14.1 Å². The number of guanidine groups is 1. The van der Waals surface area contributed by atoms with Crippen molar-refractivity contribution in [1.29, 1.82) is 0 Å².